The van der Waals surface area contributed by atoms with Gasteiger partial charge in [0.1, 0.15) is 6.20 Å². The molecule has 5 nitrogen and oxygen atoms in total. The van der Waals surface area contributed by atoms with E-state index in [9.17, 15) is 5.11 Å². The summed E-state index contributed by atoms with van der Waals surface area (Å²) in [6, 6.07) is 0. The number of aliphatic imine (C=N–C) groups is 1. The van der Waals surface area contributed by atoms with Crippen molar-refractivity contribution in [3.63, 3.8) is 0 Å². The normalized spacial score (nSPS) is 26.9. The van der Waals surface area contributed by atoms with Crippen molar-refractivity contribution in [2.24, 2.45) is 16.5 Å². The number of nitrogens with two attached hydrogens (primary N) is 2. The third kappa shape index (κ3) is 3.52. The van der Waals surface area contributed by atoms with Gasteiger partial charge in [0.2, 0.25) is 5.85 Å². The van der Waals surface area contributed by atoms with E-state index in [1.54, 1.807) is 0 Å². The van der Waals surface area contributed by atoms with Crippen LogP contribution in [0.15, 0.2) is 17.3 Å². The predicted molar refractivity (Wildman–Crippen MR) is 69.7 cm³/mol. The van der Waals surface area contributed by atoms with Crippen LogP contribution in [-0.4, -0.2) is 34.5 Å². The van der Waals surface area contributed by atoms with E-state index in [4.69, 9.17) is 11.5 Å². The van der Waals surface area contributed by atoms with Gasteiger partial charge in [-0.2, -0.15) is 4.99 Å². The fourth-order valence-electron chi connectivity index (χ4n) is 2.02. The Hall–Kier alpha value is -0.910. The second kappa shape index (κ2) is 5.62. The van der Waals surface area contributed by atoms with E-state index in [0.717, 1.165) is 38.8 Å². The van der Waals surface area contributed by atoms with Crippen LogP contribution in [0.5, 0.6) is 0 Å². The molecule has 0 spiro atoms. The highest BCUT2D eigenvalue weighted by molar-refractivity contribution is 5.73. The highest BCUT2D eigenvalue weighted by Crippen LogP contribution is 2.20. The summed E-state index contributed by atoms with van der Waals surface area (Å²) in [5.41, 5.74) is 11.5. The first-order valence-electron chi connectivity index (χ1n) is 6.40. The minimum atomic E-state index is -1.63. The second-order valence-electron chi connectivity index (χ2n) is 4.76. The lowest BCUT2D eigenvalue weighted by Gasteiger charge is -2.36. The summed E-state index contributed by atoms with van der Waals surface area (Å²) in [5, 5.41) is 9.64. The summed E-state index contributed by atoms with van der Waals surface area (Å²) >= 11 is 0. The quantitative estimate of drug-likeness (QED) is 0.476. The Balaban J connectivity index is 2.87. The summed E-state index contributed by atoms with van der Waals surface area (Å²) in [6.07, 6.45) is 7.81. The standard InChI is InChI=1S/C12H25N4O/c1-3-5-8-16(9-6-4-2)10-7-12(14,17)15-11(16)13/h7,10,17H,3-6,8-9,14H2,1-2H3,(H2,13,15)/q+1. The average molecular weight is 241 g/mol. The molecule has 1 aliphatic heterocycles. The van der Waals surface area contributed by atoms with E-state index in [0.29, 0.717) is 10.4 Å². The van der Waals surface area contributed by atoms with Crippen LogP contribution in [0.3, 0.4) is 0 Å². The topological polar surface area (TPSA) is 84.6 Å². The molecule has 5 N–H and O–H groups in total. The molecule has 1 atom stereocenters. The molecule has 0 aliphatic carbocycles. The molecule has 17 heavy (non-hydrogen) atoms. The molecule has 0 aromatic rings. The second-order valence-corrected chi connectivity index (χ2v) is 4.76. The molecule has 1 heterocycles. The molecule has 0 aromatic carbocycles. The lowest BCUT2D eigenvalue weighted by atomic mass is 10.2. The Morgan fingerprint density at radius 3 is 2.24 bits per heavy atom. The third-order valence-corrected chi connectivity index (χ3v) is 3.18. The van der Waals surface area contributed by atoms with Crippen molar-refractivity contribution in [1.82, 2.24) is 0 Å². The molecule has 0 bridgehead atoms. The van der Waals surface area contributed by atoms with Crippen LogP contribution in [0.2, 0.25) is 0 Å². The van der Waals surface area contributed by atoms with Crippen LogP contribution >= 0.6 is 0 Å². The number of quaternary nitrogens is 1. The van der Waals surface area contributed by atoms with Crippen molar-refractivity contribution in [2.75, 3.05) is 13.1 Å². The Kier molecular flexibility index (Phi) is 4.68. The number of hydrogen-bond acceptors (Lipinski definition) is 4. The molecule has 0 radical (unpaired) electrons. The molecule has 5 heteroatoms. The summed E-state index contributed by atoms with van der Waals surface area (Å²) in [6.45, 7) is 6.13. The maximum absolute atomic E-state index is 9.64. The van der Waals surface area contributed by atoms with Gasteiger partial charge in [-0.15, -0.1) is 0 Å². The minimum absolute atomic E-state index is 0.416. The zero-order valence-electron chi connectivity index (χ0n) is 10.9. The van der Waals surface area contributed by atoms with E-state index in [2.05, 4.69) is 18.8 Å². The zero-order chi connectivity index (χ0) is 12.9. The lowest BCUT2D eigenvalue weighted by molar-refractivity contribution is -0.792. The first-order chi connectivity index (χ1) is 7.96. The Bertz CT molecular complexity index is 302. The van der Waals surface area contributed by atoms with E-state index in [-0.39, 0.29) is 0 Å². The highest BCUT2D eigenvalue weighted by atomic mass is 16.3. The smallest absolute Gasteiger partial charge is 0.303 e. The van der Waals surface area contributed by atoms with Gasteiger partial charge in [0, 0.05) is 6.08 Å². The fraction of sp³-hybridized carbons (Fsp3) is 0.750. The van der Waals surface area contributed by atoms with Gasteiger partial charge in [0.15, 0.2) is 0 Å². The zero-order valence-corrected chi connectivity index (χ0v) is 10.9. The van der Waals surface area contributed by atoms with E-state index in [1.165, 1.54) is 6.08 Å². The monoisotopic (exact) mass is 241 g/mol. The number of guanidine groups is 1. The number of hydrogen-bond donors (Lipinski definition) is 3. The van der Waals surface area contributed by atoms with Crippen molar-refractivity contribution in [1.29, 1.82) is 0 Å². The SMILES string of the molecule is CCCC[N+]1(CCCC)C=CC(N)(O)N=C1N. The lowest BCUT2D eigenvalue weighted by Crippen LogP contribution is -2.58. The predicted octanol–water partition coefficient (Wildman–Crippen LogP) is 0.850. The largest absolute Gasteiger partial charge is 0.354 e. The van der Waals surface area contributed by atoms with E-state index >= 15 is 0 Å². The van der Waals surface area contributed by atoms with Crippen LogP contribution in [0.4, 0.5) is 0 Å². The first kappa shape index (κ1) is 14.2. The van der Waals surface area contributed by atoms with Crippen LogP contribution in [0.1, 0.15) is 39.5 Å². The van der Waals surface area contributed by atoms with Crippen LogP contribution < -0.4 is 11.5 Å². The molecule has 0 saturated heterocycles. The third-order valence-electron chi connectivity index (χ3n) is 3.18. The van der Waals surface area contributed by atoms with Crippen molar-refractivity contribution in [2.45, 2.75) is 45.4 Å². The molecule has 0 saturated carbocycles. The molecule has 1 rings (SSSR count). The van der Waals surface area contributed by atoms with E-state index < -0.39 is 5.85 Å². The van der Waals surface area contributed by atoms with Gasteiger partial charge in [0.05, 0.1) is 13.1 Å². The maximum atomic E-state index is 9.64. The van der Waals surface area contributed by atoms with Gasteiger partial charge < -0.3 is 10.8 Å². The van der Waals surface area contributed by atoms with Gasteiger partial charge in [-0.3, -0.25) is 5.73 Å². The number of unbranched alkanes of at least 4 members (excludes halogenated alkanes) is 2. The number of aliphatic hydroxyl groups is 1. The van der Waals surface area contributed by atoms with Gasteiger partial charge in [-0.05, 0) is 12.8 Å². The molecule has 0 amide bonds. The molecule has 1 unspecified atom stereocenters. The maximum Gasteiger partial charge on any atom is 0.303 e. The highest BCUT2D eigenvalue weighted by Gasteiger charge is 2.36. The van der Waals surface area contributed by atoms with Crippen LogP contribution in [0.25, 0.3) is 0 Å². The molecule has 0 fully saturated rings. The van der Waals surface area contributed by atoms with Crippen LogP contribution in [0, 0.1) is 0 Å². The van der Waals surface area contributed by atoms with Crippen molar-refractivity contribution < 1.29 is 9.59 Å². The number of nitrogens with zero attached hydrogens (tertiary/aromatic N) is 2. The Morgan fingerprint density at radius 1 is 1.29 bits per heavy atom. The van der Waals surface area contributed by atoms with Gasteiger partial charge in [0.25, 0.3) is 0 Å². The van der Waals surface area contributed by atoms with Gasteiger partial charge in [-0.1, -0.05) is 26.7 Å². The Labute approximate surface area is 103 Å². The average Bonchev–Trinajstić information content (AvgIpc) is 2.27. The molecule has 0 aromatic heterocycles. The van der Waals surface area contributed by atoms with Crippen molar-refractivity contribution >= 4 is 5.96 Å². The number of rotatable bonds is 6. The summed E-state index contributed by atoms with van der Waals surface area (Å²) in [4.78, 5) is 3.99. The molecular weight excluding hydrogens is 216 g/mol. The molecular formula is C12H25N4O+. The summed E-state index contributed by atoms with van der Waals surface area (Å²) in [5.74, 6) is -1.22. The Morgan fingerprint density at radius 2 is 1.82 bits per heavy atom. The van der Waals surface area contributed by atoms with Gasteiger partial charge in [-0.25, -0.2) is 4.48 Å². The van der Waals surface area contributed by atoms with Crippen LogP contribution in [-0.2, 0) is 0 Å². The van der Waals surface area contributed by atoms with E-state index in [1.807, 2.05) is 6.20 Å². The first-order valence-corrected chi connectivity index (χ1v) is 6.40. The molecule has 98 valence electrons. The fourth-order valence-corrected chi connectivity index (χ4v) is 2.02. The summed E-state index contributed by atoms with van der Waals surface area (Å²) < 4.78 is 0.529. The summed E-state index contributed by atoms with van der Waals surface area (Å²) in [7, 11) is 0. The van der Waals surface area contributed by atoms with Gasteiger partial charge >= 0.3 is 5.96 Å². The minimum Gasteiger partial charge on any atom is -0.354 e. The van der Waals surface area contributed by atoms with Crippen molar-refractivity contribution in [3.05, 3.63) is 12.3 Å². The van der Waals surface area contributed by atoms with Crippen molar-refractivity contribution in [3.8, 4) is 0 Å². The molecule has 1 aliphatic rings.